The number of ether oxygens (including phenoxy) is 1. The van der Waals surface area contributed by atoms with Gasteiger partial charge in [0.1, 0.15) is 18.2 Å². The molecule has 184 valence electrons. The van der Waals surface area contributed by atoms with E-state index in [9.17, 15) is 4.79 Å². The smallest absolute Gasteiger partial charge is 0.350 e. The highest BCUT2D eigenvalue weighted by molar-refractivity contribution is 7.13. The number of hydrogen-bond donors (Lipinski definition) is 2. The predicted molar refractivity (Wildman–Crippen MR) is 141 cm³/mol. The third-order valence-corrected chi connectivity index (χ3v) is 6.37. The van der Waals surface area contributed by atoms with Gasteiger partial charge in [-0.1, -0.05) is 96.2 Å². The van der Waals surface area contributed by atoms with Crippen LogP contribution in [0.5, 0.6) is 0 Å². The van der Waals surface area contributed by atoms with E-state index in [0.717, 1.165) is 16.7 Å². The van der Waals surface area contributed by atoms with Gasteiger partial charge in [-0.2, -0.15) is 0 Å². The molecule has 0 radical (unpaired) electrons. The predicted octanol–water partition coefficient (Wildman–Crippen LogP) is 5.71. The first kappa shape index (κ1) is 25.1. The molecule has 0 bridgehead atoms. The van der Waals surface area contributed by atoms with Crippen molar-refractivity contribution in [3.05, 3.63) is 119 Å². The minimum absolute atomic E-state index is 0.0436. The summed E-state index contributed by atoms with van der Waals surface area (Å²) in [5.41, 5.74) is 3.21. The Labute approximate surface area is 214 Å². The monoisotopic (exact) mass is 501 g/mol. The highest BCUT2D eigenvalue weighted by Gasteiger charge is 2.37. The first-order chi connectivity index (χ1) is 17.6. The van der Waals surface area contributed by atoms with Gasteiger partial charge in [-0.05, 0) is 23.6 Å². The SMILES string of the molecule is CCOC(CON=CC(=O)O)c1csc(NC(c2ccccc2)(c2ccccc2)c2ccccc2)n1. The number of carboxylic acids is 1. The first-order valence-electron chi connectivity index (χ1n) is 11.5. The van der Waals surface area contributed by atoms with Crippen molar-refractivity contribution in [3.63, 3.8) is 0 Å². The molecular weight excluding hydrogens is 474 g/mol. The number of anilines is 1. The summed E-state index contributed by atoms with van der Waals surface area (Å²) in [5, 5.41) is 18.5. The number of nitrogens with one attached hydrogen (secondary N) is 1. The molecule has 3 aromatic carbocycles. The molecule has 0 saturated carbocycles. The number of hydrogen-bond acceptors (Lipinski definition) is 7. The number of rotatable bonds is 12. The van der Waals surface area contributed by atoms with Gasteiger partial charge in [-0.15, -0.1) is 11.3 Å². The second-order valence-electron chi connectivity index (χ2n) is 7.86. The zero-order valence-corrected chi connectivity index (χ0v) is 20.6. The van der Waals surface area contributed by atoms with E-state index in [4.69, 9.17) is 19.7 Å². The first-order valence-corrected chi connectivity index (χ1v) is 12.4. The van der Waals surface area contributed by atoms with Crippen molar-refractivity contribution in [2.45, 2.75) is 18.6 Å². The Morgan fingerprint density at radius 1 is 1.00 bits per heavy atom. The molecule has 4 rings (SSSR count). The van der Waals surface area contributed by atoms with Crippen LogP contribution in [0.15, 0.2) is 102 Å². The second-order valence-corrected chi connectivity index (χ2v) is 8.72. The van der Waals surface area contributed by atoms with Crippen LogP contribution in [-0.4, -0.2) is 35.5 Å². The number of carbonyl (C=O) groups is 1. The number of thiazole rings is 1. The number of oxime groups is 1. The molecule has 7 nitrogen and oxygen atoms in total. The van der Waals surface area contributed by atoms with Crippen molar-refractivity contribution in [3.8, 4) is 0 Å². The topological polar surface area (TPSA) is 93.0 Å². The number of nitrogens with zero attached hydrogens (tertiary/aromatic N) is 2. The Morgan fingerprint density at radius 3 is 2.00 bits per heavy atom. The van der Waals surface area contributed by atoms with Gasteiger partial charge in [0, 0.05) is 12.0 Å². The number of benzene rings is 3. The van der Waals surface area contributed by atoms with Crippen molar-refractivity contribution in [2.75, 3.05) is 18.5 Å². The number of carboxylic acid groups (broad SMARTS) is 1. The largest absolute Gasteiger partial charge is 0.477 e. The van der Waals surface area contributed by atoms with Crippen molar-refractivity contribution < 1.29 is 19.5 Å². The van der Waals surface area contributed by atoms with E-state index >= 15 is 0 Å². The van der Waals surface area contributed by atoms with Crippen LogP contribution in [-0.2, 0) is 19.9 Å². The molecule has 0 spiro atoms. The molecule has 0 saturated heterocycles. The van der Waals surface area contributed by atoms with Gasteiger partial charge in [0.2, 0.25) is 0 Å². The normalized spacial score (nSPS) is 12.4. The molecule has 1 heterocycles. The van der Waals surface area contributed by atoms with E-state index < -0.39 is 17.6 Å². The summed E-state index contributed by atoms with van der Waals surface area (Å²) in [5.74, 6) is -1.18. The Bertz CT molecular complexity index is 1170. The maximum absolute atomic E-state index is 10.6. The molecule has 0 aliphatic rings. The highest BCUT2D eigenvalue weighted by atomic mass is 32.1. The van der Waals surface area contributed by atoms with E-state index in [1.165, 1.54) is 11.3 Å². The molecule has 1 unspecified atom stereocenters. The van der Waals surface area contributed by atoms with Gasteiger partial charge in [-0.3, -0.25) is 0 Å². The zero-order valence-electron chi connectivity index (χ0n) is 19.8. The fourth-order valence-electron chi connectivity index (χ4n) is 4.05. The molecule has 4 aromatic rings. The number of aliphatic carboxylic acids is 1. The summed E-state index contributed by atoms with van der Waals surface area (Å²) in [6, 6.07) is 30.9. The van der Waals surface area contributed by atoms with Gasteiger partial charge in [0.25, 0.3) is 0 Å². The van der Waals surface area contributed by atoms with E-state index in [1.54, 1.807) is 0 Å². The van der Waals surface area contributed by atoms with Crippen LogP contribution in [0.2, 0.25) is 0 Å². The molecule has 36 heavy (non-hydrogen) atoms. The average Bonchev–Trinajstić information content (AvgIpc) is 3.39. The highest BCUT2D eigenvalue weighted by Crippen LogP contribution is 2.41. The van der Waals surface area contributed by atoms with Crippen LogP contribution in [0.1, 0.15) is 35.4 Å². The summed E-state index contributed by atoms with van der Waals surface area (Å²) >= 11 is 1.47. The molecule has 1 atom stereocenters. The summed E-state index contributed by atoms with van der Waals surface area (Å²) in [4.78, 5) is 20.6. The molecule has 0 amide bonds. The molecule has 1 aromatic heterocycles. The minimum Gasteiger partial charge on any atom is -0.477 e. The van der Waals surface area contributed by atoms with Crippen LogP contribution < -0.4 is 5.32 Å². The maximum Gasteiger partial charge on any atom is 0.350 e. The average molecular weight is 502 g/mol. The lowest BCUT2D eigenvalue weighted by Crippen LogP contribution is -2.38. The van der Waals surface area contributed by atoms with Gasteiger partial charge in [0.05, 0.1) is 5.69 Å². The zero-order chi connectivity index (χ0) is 25.2. The van der Waals surface area contributed by atoms with Crippen LogP contribution in [0, 0.1) is 0 Å². The van der Waals surface area contributed by atoms with Gasteiger partial charge >= 0.3 is 5.97 Å². The Balaban J connectivity index is 1.73. The van der Waals surface area contributed by atoms with Crippen molar-refractivity contribution in [1.29, 1.82) is 0 Å². The summed E-state index contributed by atoms with van der Waals surface area (Å²) in [6.45, 7) is 2.37. The molecule has 0 fully saturated rings. The molecule has 8 heteroatoms. The molecule has 2 N–H and O–H groups in total. The van der Waals surface area contributed by atoms with E-state index in [2.05, 4.69) is 46.9 Å². The van der Waals surface area contributed by atoms with Crippen LogP contribution in [0.25, 0.3) is 0 Å². The fraction of sp³-hybridized carbons (Fsp3) is 0.179. The lowest BCUT2D eigenvalue weighted by molar-refractivity contribution is -0.129. The lowest BCUT2D eigenvalue weighted by Gasteiger charge is -2.36. The third-order valence-electron chi connectivity index (χ3n) is 5.60. The van der Waals surface area contributed by atoms with Crippen molar-refractivity contribution in [1.82, 2.24) is 4.98 Å². The third kappa shape index (κ3) is 5.79. The van der Waals surface area contributed by atoms with Crippen LogP contribution >= 0.6 is 11.3 Å². The Kier molecular flexibility index (Phi) is 8.44. The number of aromatic nitrogens is 1. The Hall–Kier alpha value is -4.01. The lowest BCUT2D eigenvalue weighted by atomic mass is 9.77. The maximum atomic E-state index is 10.6. The quantitative estimate of drug-likeness (QED) is 0.147. The fourth-order valence-corrected chi connectivity index (χ4v) is 4.85. The minimum atomic E-state index is -1.18. The van der Waals surface area contributed by atoms with Crippen molar-refractivity contribution >= 4 is 28.7 Å². The van der Waals surface area contributed by atoms with Gasteiger partial charge < -0.3 is 20.0 Å². The molecule has 0 aliphatic heterocycles. The van der Waals surface area contributed by atoms with E-state index in [0.29, 0.717) is 23.6 Å². The second kappa shape index (κ2) is 12.1. The Morgan fingerprint density at radius 2 is 1.53 bits per heavy atom. The summed E-state index contributed by atoms with van der Waals surface area (Å²) in [6.07, 6.45) is 0.206. The van der Waals surface area contributed by atoms with Crippen molar-refractivity contribution in [2.24, 2.45) is 5.16 Å². The van der Waals surface area contributed by atoms with Crippen LogP contribution in [0.3, 0.4) is 0 Å². The van der Waals surface area contributed by atoms with Gasteiger partial charge in [-0.25, -0.2) is 9.78 Å². The summed E-state index contributed by atoms with van der Waals surface area (Å²) in [7, 11) is 0. The molecule has 0 aliphatic carbocycles. The van der Waals surface area contributed by atoms with E-state index in [-0.39, 0.29) is 6.61 Å². The summed E-state index contributed by atoms with van der Waals surface area (Å²) < 4.78 is 5.80. The van der Waals surface area contributed by atoms with Gasteiger partial charge in [0.15, 0.2) is 11.3 Å². The van der Waals surface area contributed by atoms with Crippen LogP contribution in [0.4, 0.5) is 5.13 Å². The molecular formula is C28H27N3O4S. The standard InChI is InChI=1S/C28H27N3O4S/c1-2-34-25(19-35-29-18-26(32)33)24-20-36-27(30-24)31-28(21-12-6-3-7-13-21,22-14-8-4-9-15-22)23-16-10-5-11-17-23/h3-18,20,25H,2,19H2,1H3,(H,30,31)(H,32,33). The van der Waals surface area contributed by atoms with E-state index in [1.807, 2.05) is 66.9 Å².